The maximum absolute atomic E-state index is 13.1. The van der Waals surface area contributed by atoms with Crippen molar-refractivity contribution in [3.05, 3.63) is 29.6 Å². The quantitative estimate of drug-likeness (QED) is 0.874. The minimum Gasteiger partial charge on any atom is -0.490 e. The van der Waals surface area contributed by atoms with Crippen molar-refractivity contribution in [2.75, 3.05) is 6.61 Å². The van der Waals surface area contributed by atoms with Crippen LogP contribution in [-0.4, -0.2) is 17.8 Å². The number of hydrogen-bond acceptors (Lipinski definition) is 2. The van der Waals surface area contributed by atoms with Gasteiger partial charge in [-0.3, -0.25) is 0 Å². The molecule has 2 unspecified atom stereocenters. The monoisotopic (exact) mass is 238 g/mol. The van der Waals surface area contributed by atoms with E-state index in [2.05, 4.69) is 13.8 Å². The average molecular weight is 238 g/mol. The van der Waals surface area contributed by atoms with Gasteiger partial charge in [0, 0.05) is 18.6 Å². The Bertz CT molecular complexity index is 390. The summed E-state index contributed by atoms with van der Waals surface area (Å²) in [6.07, 6.45) is 1.65. The van der Waals surface area contributed by atoms with Crippen LogP contribution in [0.25, 0.3) is 0 Å². The van der Waals surface area contributed by atoms with Gasteiger partial charge >= 0.3 is 0 Å². The number of rotatable bonds is 4. The van der Waals surface area contributed by atoms with Crippen molar-refractivity contribution in [2.24, 2.45) is 11.8 Å². The van der Waals surface area contributed by atoms with Crippen molar-refractivity contribution in [3.63, 3.8) is 0 Å². The lowest BCUT2D eigenvalue weighted by atomic mass is 9.90. The van der Waals surface area contributed by atoms with Gasteiger partial charge in [-0.15, -0.1) is 0 Å². The normalized spacial score (nSPS) is 20.2. The van der Waals surface area contributed by atoms with Gasteiger partial charge in [-0.2, -0.15) is 0 Å². The molecule has 1 N–H and O–H groups in total. The van der Waals surface area contributed by atoms with Crippen LogP contribution >= 0.6 is 0 Å². The Balaban J connectivity index is 2.00. The summed E-state index contributed by atoms with van der Waals surface area (Å²) in [5.74, 6) is 1.26. The molecule has 1 aromatic carbocycles. The number of fused-ring (bicyclic) bond motifs is 1. The van der Waals surface area contributed by atoms with Crippen LogP contribution in [0.3, 0.4) is 0 Å². The molecule has 0 fully saturated rings. The van der Waals surface area contributed by atoms with Crippen molar-refractivity contribution in [1.29, 1.82) is 0 Å². The van der Waals surface area contributed by atoms with Gasteiger partial charge in [0.2, 0.25) is 0 Å². The van der Waals surface area contributed by atoms with Crippen LogP contribution in [0.15, 0.2) is 18.2 Å². The lowest BCUT2D eigenvalue weighted by molar-refractivity contribution is 0.124. The molecule has 0 saturated heterocycles. The number of aliphatic hydroxyl groups excluding tert-OH is 1. The van der Waals surface area contributed by atoms with Gasteiger partial charge in [-0.1, -0.05) is 13.8 Å². The Hall–Kier alpha value is -1.09. The molecule has 3 heteroatoms. The minimum absolute atomic E-state index is 0.0753. The second-order valence-electron chi connectivity index (χ2n) is 5.12. The van der Waals surface area contributed by atoms with E-state index in [1.165, 1.54) is 6.07 Å². The summed E-state index contributed by atoms with van der Waals surface area (Å²) in [6.45, 7) is 4.38. The molecule has 1 aromatic rings. The fourth-order valence-corrected chi connectivity index (χ4v) is 2.32. The first kappa shape index (κ1) is 12.4. The highest BCUT2D eigenvalue weighted by atomic mass is 19.1. The molecule has 2 rings (SSSR count). The van der Waals surface area contributed by atoms with Crippen LogP contribution in [0, 0.1) is 17.7 Å². The van der Waals surface area contributed by atoms with E-state index in [0.29, 0.717) is 5.92 Å². The first-order valence-electron chi connectivity index (χ1n) is 6.16. The number of benzene rings is 1. The average Bonchev–Trinajstić information content (AvgIpc) is 2.66. The van der Waals surface area contributed by atoms with Crippen LogP contribution in [0.2, 0.25) is 0 Å². The maximum Gasteiger partial charge on any atom is 0.123 e. The molecule has 0 radical (unpaired) electrons. The van der Waals surface area contributed by atoms with Gasteiger partial charge in [0.25, 0.3) is 0 Å². The summed E-state index contributed by atoms with van der Waals surface area (Å²) in [5.41, 5.74) is 0.940. The molecule has 0 bridgehead atoms. The SMILES string of the molecule is CC(C)C(CO)CC1Cc2cc(F)ccc2O1. The second kappa shape index (κ2) is 5.05. The van der Waals surface area contributed by atoms with Gasteiger partial charge in [0.15, 0.2) is 0 Å². The summed E-state index contributed by atoms with van der Waals surface area (Å²) in [6, 6.07) is 4.65. The first-order chi connectivity index (χ1) is 8.10. The molecule has 0 aromatic heterocycles. The third-order valence-corrected chi connectivity index (χ3v) is 3.51. The summed E-state index contributed by atoms with van der Waals surface area (Å²) >= 11 is 0. The molecule has 1 heterocycles. The van der Waals surface area contributed by atoms with E-state index in [4.69, 9.17) is 4.74 Å². The molecule has 0 aliphatic carbocycles. The van der Waals surface area contributed by atoms with Crippen molar-refractivity contribution in [2.45, 2.75) is 32.8 Å². The highest BCUT2D eigenvalue weighted by Gasteiger charge is 2.27. The van der Waals surface area contributed by atoms with Crippen LogP contribution in [0.1, 0.15) is 25.8 Å². The minimum atomic E-state index is -0.212. The zero-order valence-corrected chi connectivity index (χ0v) is 10.3. The summed E-state index contributed by atoms with van der Waals surface area (Å²) < 4.78 is 18.8. The van der Waals surface area contributed by atoms with Crippen LogP contribution in [0.4, 0.5) is 4.39 Å². The highest BCUT2D eigenvalue weighted by Crippen LogP contribution is 2.32. The molecule has 2 atom stereocenters. The van der Waals surface area contributed by atoms with E-state index < -0.39 is 0 Å². The zero-order valence-electron chi connectivity index (χ0n) is 10.3. The third kappa shape index (κ3) is 2.78. The fraction of sp³-hybridized carbons (Fsp3) is 0.571. The Kier molecular flexibility index (Phi) is 3.67. The molecule has 94 valence electrons. The summed E-state index contributed by atoms with van der Waals surface area (Å²) in [4.78, 5) is 0. The molecule has 0 saturated carbocycles. The third-order valence-electron chi connectivity index (χ3n) is 3.51. The topological polar surface area (TPSA) is 29.5 Å². The van der Waals surface area contributed by atoms with Crippen LogP contribution in [-0.2, 0) is 6.42 Å². The largest absolute Gasteiger partial charge is 0.490 e. The summed E-state index contributed by atoms with van der Waals surface area (Å²) in [5, 5.41) is 9.30. The van der Waals surface area contributed by atoms with E-state index in [0.717, 1.165) is 24.2 Å². The molecule has 0 spiro atoms. The smallest absolute Gasteiger partial charge is 0.123 e. The maximum atomic E-state index is 13.1. The molecule has 17 heavy (non-hydrogen) atoms. The number of ether oxygens (including phenoxy) is 1. The van der Waals surface area contributed by atoms with Crippen LogP contribution in [0.5, 0.6) is 5.75 Å². The molecule has 1 aliphatic rings. The van der Waals surface area contributed by atoms with Crippen molar-refractivity contribution in [1.82, 2.24) is 0 Å². The van der Waals surface area contributed by atoms with Crippen molar-refractivity contribution < 1.29 is 14.2 Å². The predicted molar refractivity (Wildman–Crippen MR) is 64.6 cm³/mol. The summed E-state index contributed by atoms with van der Waals surface area (Å²) in [7, 11) is 0. The van der Waals surface area contributed by atoms with Gasteiger partial charge < -0.3 is 9.84 Å². The fourth-order valence-electron chi connectivity index (χ4n) is 2.32. The van der Waals surface area contributed by atoms with E-state index in [9.17, 15) is 9.50 Å². The van der Waals surface area contributed by atoms with E-state index >= 15 is 0 Å². The standard InChI is InChI=1S/C14H19FO2/c1-9(2)11(8-16)7-13-6-10-5-12(15)3-4-14(10)17-13/h3-5,9,11,13,16H,6-8H2,1-2H3. The Morgan fingerprint density at radius 2 is 2.24 bits per heavy atom. The highest BCUT2D eigenvalue weighted by molar-refractivity contribution is 5.37. The van der Waals surface area contributed by atoms with E-state index in [1.54, 1.807) is 12.1 Å². The predicted octanol–water partition coefficient (Wildman–Crippen LogP) is 2.78. The molecular weight excluding hydrogens is 219 g/mol. The van der Waals surface area contributed by atoms with Gasteiger partial charge in [-0.25, -0.2) is 4.39 Å². The molecule has 1 aliphatic heterocycles. The van der Waals surface area contributed by atoms with Crippen molar-refractivity contribution >= 4 is 0 Å². The Morgan fingerprint density at radius 1 is 1.47 bits per heavy atom. The Labute approximate surface area is 101 Å². The lowest BCUT2D eigenvalue weighted by Gasteiger charge is -2.21. The second-order valence-corrected chi connectivity index (χ2v) is 5.12. The number of hydrogen-bond donors (Lipinski definition) is 1. The molecule has 2 nitrogen and oxygen atoms in total. The van der Waals surface area contributed by atoms with Crippen LogP contribution < -0.4 is 4.74 Å². The Morgan fingerprint density at radius 3 is 2.88 bits per heavy atom. The van der Waals surface area contributed by atoms with E-state index in [-0.39, 0.29) is 24.4 Å². The van der Waals surface area contributed by atoms with E-state index in [1.807, 2.05) is 0 Å². The first-order valence-corrected chi connectivity index (χ1v) is 6.16. The van der Waals surface area contributed by atoms with Gasteiger partial charge in [0.05, 0.1) is 0 Å². The van der Waals surface area contributed by atoms with Gasteiger partial charge in [-0.05, 0) is 36.5 Å². The molecular formula is C14H19FO2. The zero-order chi connectivity index (χ0) is 12.4. The number of aliphatic hydroxyl groups is 1. The number of halogens is 1. The van der Waals surface area contributed by atoms with Gasteiger partial charge in [0.1, 0.15) is 17.7 Å². The van der Waals surface area contributed by atoms with Crippen molar-refractivity contribution in [3.8, 4) is 5.75 Å². The molecule has 0 amide bonds. The lowest BCUT2D eigenvalue weighted by Crippen LogP contribution is -2.23.